The van der Waals surface area contributed by atoms with Crippen LogP contribution in [0.25, 0.3) is 10.2 Å². The molecule has 0 radical (unpaired) electrons. The molecule has 0 saturated carbocycles. The topological polar surface area (TPSA) is 38.5 Å². The van der Waals surface area contributed by atoms with Crippen molar-refractivity contribution < 1.29 is 9.69 Å². The number of nitrogens with one attached hydrogen (secondary N) is 2. The first kappa shape index (κ1) is 18.3. The van der Waals surface area contributed by atoms with E-state index in [9.17, 15) is 4.79 Å². The number of thiophene rings is 1. The summed E-state index contributed by atoms with van der Waals surface area (Å²) >= 11 is 1.72. The fraction of sp³-hybridized carbons (Fsp3) is 0.409. The quantitative estimate of drug-likeness (QED) is 0.618. The second-order valence-electron chi connectivity index (χ2n) is 7.41. The Morgan fingerprint density at radius 1 is 1.15 bits per heavy atom. The predicted molar refractivity (Wildman–Crippen MR) is 112 cm³/mol. The maximum atomic E-state index is 12.8. The first-order valence-electron chi connectivity index (χ1n) is 10.0. The maximum Gasteiger partial charge on any atom is 0.268 e. The van der Waals surface area contributed by atoms with Crippen molar-refractivity contribution in [1.29, 1.82) is 0 Å². The number of fused-ring (bicyclic) bond motifs is 1. The number of aromatic nitrogens is 1. The van der Waals surface area contributed by atoms with Gasteiger partial charge in [0.25, 0.3) is 5.91 Å². The van der Waals surface area contributed by atoms with Gasteiger partial charge < -0.3 is 14.8 Å². The molecule has 0 spiro atoms. The third kappa shape index (κ3) is 4.42. The minimum atomic E-state index is 0.0664. The van der Waals surface area contributed by atoms with Gasteiger partial charge in [-0.2, -0.15) is 0 Å². The van der Waals surface area contributed by atoms with E-state index in [1.54, 1.807) is 16.2 Å². The van der Waals surface area contributed by atoms with E-state index in [1.807, 2.05) is 6.07 Å². The number of rotatable bonds is 8. The molecule has 2 N–H and O–H groups in total. The fourth-order valence-corrected chi connectivity index (χ4v) is 4.96. The molecule has 4 nitrogen and oxygen atoms in total. The van der Waals surface area contributed by atoms with Gasteiger partial charge in [0, 0.05) is 24.8 Å². The fourth-order valence-electron chi connectivity index (χ4n) is 4.04. The third-order valence-electron chi connectivity index (χ3n) is 5.50. The standard InChI is InChI=1S/C22H27N3OS/c26-21(23-11-15-24-12-4-5-13-24)20-17-19-10-16-27-22(19)25(20)14-6-9-18-7-2-1-3-8-18/h1-3,7-8,10,16-17H,4-6,9,11-15H2,(H,23,26)/p+1. The largest absolute Gasteiger partial charge is 0.345 e. The molecule has 142 valence electrons. The van der Waals surface area contributed by atoms with E-state index < -0.39 is 0 Å². The molecule has 27 heavy (non-hydrogen) atoms. The van der Waals surface area contributed by atoms with Crippen LogP contribution in [0.2, 0.25) is 0 Å². The summed E-state index contributed by atoms with van der Waals surface area (Å²) in [4.78, 5) is 15.6. The summed E-state index contributed by atoms with van der Waals surface area (Å²) in [6.07, 6.45) is 4.71. The molecule has 1 fully saturated rings. The van der Waals surface area contributed by atoms with Crippen LogP contribution in [0.15, 0.2) is 47.8 Å². The molecule has 5 heteroatoms. The highest BCUT2D eigenvalue weighted by molar-refractivity contribution is 7.16. The molecule has 1 amide bonds. The minimum Gasteiger partial charge on any atom is -0.345 e. The Morgan fingerprint density at radius 2 is 1.96 bits per heavy atom. The molecule has 4 rings (SSSR count). The lowest BCUT2D eigenvalue weighted by Crippen LogP contribution is -3.10. The molecule has 0 unspecified atom stereocenters. The molecule has 2 aromatic heterocycles. The van der Waals surface area contributed by atoms with Gasteiger partial charge >= 0.3 is 0 Å². The summed E-state index contributed by atoms with van der Waals surface area (Å²) in [7, 11) is 0. The third-order valence-corrected chi connectivity index (χ3v) is 6.45. The Hall–Kier alpha value is -2.11. The van der Waals surface area contributed by atoms with Crippen molar-refractivity contribution in [1.82, 2.24) is 9.88 Å². The van der Waals surface area contributed by atoms with E-state index in [-0.39, 0.29) is 5.91 Å². The van der Waals surface area contributed by atoms with E-state index in [2.05, 4.69) is 51.7 Å². The van der Waals surface area contributed by atoms with Gasteiger partial charge in [-0.15, -0.1) is 11.3 Å². The summed E-state index contributed by atoms with van der Waals surface area (Å²) in [6, 6.07) is 14.7. The Labute approximate surface area is 164 Å². The monoisotopic (exact) mass is 382 g/mol. The summed E-state index contributed by atoms with van der Waals surface area (Å²) in [5.74, 6) is 0.0664. The van der Waals surface area contributed by atoms with Crippen molar-refractivity contribution in [3.63, 3.8) is 0 Å². The van der Waals surface area contributed by atoms with Crippen molar-refractivity contribution in [2.45, 2.75) is 32.2 Å². The number of hydrogen-bond acceptors (Lipinski definition) is 2. The molecule has 3 aromatic rings. The average molecular weight is 383 g/mol. The summed E-state index contributed by atoms with van der Waals surface area (Å²) in [5.41, 5.74) is 2.16. The summed E-state index contributed by atoms with van der Waals surface area (Å²) in [5, 5.41) is 6.43. The molecule has 1 aromatic carbocycles. The zero-order valence-electron chi connectivity index (χ0n) is 15.7. The van der Waals surface area contributed by atoms with Crippen LogP contribution in [0.1, 0.15) is 35.3 Å². The van der Waals surface area contributed by atoms with E-state index in [0.29, 0.717) is 0 Å². The van der Waals surface area contributed by atoms with Crippen LogP contribution < -0.4 is 10.2 Å². The average Bonchev–Trinajstić information content (AvgIpc) is 3.41. The second-order valence-corrected chi connectivity index (χ2v) is 8.31. The van der Waals surface area contributed by atoms with Gasteiger partial charge in [-0.25, -0.2) is 0 Å². The lowest BCUT2D eigenvalue weighted by Gasteiger charge is -2.13. The lowest BCUT2D eigenvalue weighted by atomic mass is 10.1. The molecule has 1 saturated heterocycles. The van der Waals surface area contributed by atoms with Crippen LogP contribution in [-0.4, -0.2) is 36.7 Å². The number of aryl methyl sites for hydroxylation is 2. The SMILES string of the molecule is O=C(NCC[NH+]1CCCC1)c1cc2ccsc2n1CCCc1ccccc1. The Kier molecular flexibility index (Phi) is 5.90. The van der Waals surface area contributed by atoms with Crippen molar-refractivity contribution in [3.8, 4) is 0 Å². The molecular weight excluding hydrogens is 354 g/mol. The van der Waals surface area contributed by atoms with Gasteiger partial charge in [-0.05, 0) is 35.9 Å². The number of quaternary nitrogens is 1. The van der Waals surface area contributed by atoms with Crippen molar-refractivity contribution in [2.24, 2.45) is 0 Å². The number of likely N-dealkylation sites (tertiary alicyclic amines) is 1. The van der Waals surface area contributed by atoms with E-state index >= 15 is 0 Å². The Bertz CT molecular complexity index is 877. The summed E-state index contributed by atoms with van der Waals surface area (Å²) in [6.45, 7) is 5.17. The minimum absolute atomic E-state index is 0.0664. The number of benzene rings is 1. The van der Waals surface area contributed by atoms with Crippen LogP contribution >= 0.6 is 11.3 Å². The number of hydrogen-bond donors (Lipinski definition) is 2. The Morgan fingerprint density at radius 3 is 2.78 bits per heavy atom. The smallest absolute Gasteiger partial charge is 0.268 e. The first-order valence-corrected chi connectivity index (χ1v) is 10.9. The number of carbonyl (C=O) groups excluding carboxylic acids is 1. The molecule has 3 heterocycles. The van der Waals surface area contributed by atoms with Crippen LogP contribution in [-0.2, 0) is 13.0 Å². The molecule has 1 aliphatic rings. The lowest BCUT2D eigenvalue weighted by molar-refractivity contribution is -0.886. The molecular formula is C22H28N3OS+. The van der Waals surface area contributed by atoms with Gasteiger partial charge in [0.2, 0.25) is 0 Å². The van der Waals surface area contributed by atoms with Crippen molar-refractivity contribution in [3.05, 3.63) is 59.1 Å². The van der Waals surface area contributed by atoms with Gasteiger partial charge in [0.1, 0.15) is 10.5 Å². The van der Waals surface area contributed by atoms with Gasteiger partial charge in [-0.3, -0.25) is 4.79 Å². The van der Waals surface area contributed by atoms with Crippen LogP contribution in [0.3, 0.4) is 0 Å². The van der Waals surface area contributed by atoms with Gasteiger partial charge in [0.15, 0.2) is 0 Å². The highest BCUT2D eigenvalue weighted by Crippen LogP contribution is 2.26. The molecule has 0 bridgehead atoms. The van der Waals surface area contributed by atoms with E-state index in [4.69, 9.17) is 0 Å². The molecule has 0 atom stereocenters. The van der Waals surface area contributed by atoms with E-state index in [1.165, 1.54) is 41.7 Å². The zero-order chi connectivity index (χ0) is 18.5. The first-order chi connectivity index (χ1) is 13.3. The molecule has 0 aliphatic carbocycles. The number of nitrogens with zero attached hydrogens (tertiary/aromatic N) is 1. The predicted octanol–water partition coefficient (Wildman–Crippen LogP) is 2.74. The van der Waals surface area contributed by atoms with Crippen LogP contribution in [0.5, 0.6) is 0 Å². The van der Waals surface area contributed by atoms with Gasteiger partial charge in [-0.1, -0.05) is 30.3 Å². The normalized spacial score (nSPS) is 14.8. The number of carbonyl (C=O) groups is 1. The van der Waals surface area contributed by atoms with Crippen LogP contribution in [0.4, 0.5) is 0 Å². The Balaban J connectivity index is 1.39. The van der Waals surface area contributed by atoms with Crippen molar-refractivity contribution in [2.75, 3.05) is 26.2 Å². The number of amides is 1. The van der Waals surface area contributed by atoms with E-state index in [0.717, 1.165) is 38.2 Å². The summed E-state index contributed by atoms with van der Waals surface area (Å²) < 4.78 is 2.21. The van der Waals surface area contributed by atoms with Gasteiger partial charge in [0.05, 0.1) is 26.2 Å². The molecule has 1 aliphatic heterocycles. The maximum absolute atomic E-state index is 12.8. The van der Waals surface area contributed by atoms with Crippen molar-refractivity contribution >= 4 is 27.5 Å². The highest BCUT2D eigenvalue weighted by atomic mass is 32.1. The highest BCUT2D eigenvalue weighted by Gasteiger charge is 2.18. The van der Waals surface area contributed by atoms with Crippen LogP contribution in [0, 0.1) is 0 Å². The zero-order valence-corrected chi connectivity index (χ0v) is 16.6. The second kappa shape index (κ2) is 8.72.